The van der Waals surface area contributed by atoms with Gasteiger partial charge in [0.1, 0.15) is 0 Å². The molecule has 0 aliphatic carbocycles. The van der Waals surface area contributed by atoms with Crippen molar-refractivity contribution in [2.24, 2.45) is 0 Å². The first kappa shape index (κ1) is 8.30. The van der Waals surface area contributed by atoms with Crippen molar-refractivity contribution in [3.05, 3.63) is 59.1 Å². The summed E-state index contributed by atoms with van der Waals surface area (Å²) in [7, 11) is 0. The molecule has 0 unspecified atom stereocenters. The molecule has 2 aromatic rings. The second-order valence-electron chi connectivity index (χ2n) is 3.63. The Morgan fingerprint density at radius 2 is 1.87 bits per heavy atom. The molecule has 0 fully saturated rings. The van der Waals surface area contributed by atoms with E-state index in [1.807, 2.05) is 12.3 Å². The predicted octanol–water partition coefficient (Wildman–Crippen LogP) is 1.48. The molecule has 2 aromatic carbocycles. The molecule has 1 heterocycles. The van der Waals surface area contributed by atoms with Crippen molar-refractivity contribution < 1.29 is 0 Å². The molecule has 1 heteroatoms. The smallest absolute Gasteiger partial charge is 0.00898 e. The third kappa shape index (κ3) is 1.33. The van der Waals surface area contributed by atoms with Gasteiger partial charge in [-0.05, 0) is 22.1 Å². The van der Waals surface area contributed by atoms with Gasteiger partial charge in [-0.1, -0.05) is 42.5 Å². The summed E-state index contributed by atoms with van der Waals surface area (Å²) in [4.78, 5) is 0. The zero-order chi connectivity index (χ0) is 10.1. The van der Waals surface area contributed by atoms with Crippen LogP contribution in [-0.4, -0.2) is 0 Å². The third-order valence-corrected chi connectivity index (χ3v) is 2.70. The third-order valence-electron chi connectivity index (χ3n) is 2.70. The highest BCUT2D eigenvalue weighted by Crippen LogP contribution is 2.06. The first-order valence-electron chi connectivity index (χ1n) is 5.06. The zero-order valence-electron chi connectivity index (χ0n) is 8.27. The maximum absolute atomic E-state index is 3.16. The van der Waals surface area contributed by atoms with E-state index in [0.29, 0.717) is 0 Å². The molecule has 1 aliphatic rings. The molecule has 0 spiro atoms. The summed E-state index contributed by atoms with van der Waals surface area (Å²) in [6.07, 6.45) is 8.14. The molecule has 1 nitrogen and oxygen atoms in total. The number of nitrogens with one attached hydrogen (secondary N) is 1. The Morgan fingerprint density at radius 3 is 2.87 bits per heavy atom. The van der Waals surface area contributed by atoms with Crippen molar-refractivity contribution in [1.29, 1.82) is 0 Å². The lowest BCUT2D eigenvalue weighted by molar-refractivity contribution is 1.28. The monoisotopic (exact) mass is 193 g/mol. The van der Waals surface area contributed by atoms with Gasteiger partial charge < -0.3 is 5.32 Å². The Hall–Kier alpha value is -2.02. The Bertz CT molecular complexity index is 651. The van der Waals surface area contributed by atoms with Crippen LogP contribution in [0.25, 0.3) is 23.0 Å². The lowest BCUT2D eigenvalue weighted by Crippen LogP contribution is -2.25. The van der Waals surface area contributed by atoms with Crippen LogP contribution in [0.5, 0.6) is 0 Å². The first-order valence-corrected chi connectivity index (χ1v) is 5.06. The lowest BCUT2D eigenvalue weighted by Gasteiger charge is -1.98. The van der Waals surface area contributed by atoms with Crippen LogP contribution in [0.4, 0.5) is 0 Å². The maximum Gasteiger partial charge on any atom is 0.00898 e. The summed E-state index contributed by atoms with van der Waals surface area (Å²) >= 11 is 0. The molecule has 1 N–H and O–H groups in total. The fourth-order valence-electron chi connectivity index (χ4n) is 1.96. The minimum Gasteiger partial charge on any atom is -0.367 e. The lowest BCUT2D eigenvalue weighted by atomic mass is 10.1. The Balaban J connectivity index is 2.56. The van der Waals surface area contributed by atoms with Crippen LogP contribution >= 0.6 is 0 Å². The van der Waals surface area contributed by atoms with E-state index in [0.717, 1.165) is 0 Å². The second-order valence-corrected chi connectivity index (χ2v) is 3.63. The minimum absolute atomic E-state index is 1.26. The number of hydrogen-bond acceptors (Lipinski definition) is 1. The molecular weight excluding hydrogens is 182 g/mol. The molecule has 0 aromatic heterocycles. The number of allylic oxidation sites excluding steroid dienone is 1. The van der Waals surface area contributed by atoms with E-state index in [1.165, 1.54) is 21.2 Å². The number of hydrogen-bond donors (Lipinski definition) is 1. The van der Waals surface area contributed by atoms with Crippen molar-refractivity contribution in [3.8, 4) is 0 Å². The second kappa shape index (κ2) is 3.28. The SMILES string of the molecule is C1=CNC=c2c(ccc3ccccc23)=C1. The summed E-state index contributed by atoms with van der Waals surface area (Å²) in [5.41, 5.74) is 0. The standard InChI is InChI=1S/C14H11N/c1-2-6-13-11(4-1)7-8-12-5-3-9-15-10-14(12)13/h1-10,15H. The van der Waals surface area contributed by atoms with Crippen LogP contribution in [0.15, 0.2) is 48.7 Å². The van der Waals surface area contributed by atoms with E-state index in [-0.39, 0.29) is 0 Å². The highest BCUT2D eigenvalue weighted by atomic mass is 14.8. The predicted molar refractivity (Wildman–Crippen MR) is 64.4 cm³/mol. The van der Waals surface area contributed by atoms with Gasteiger partial charge in [-0.15, -0.1) is 0 Å². The van der Waals surface area contributed by atoms with Gasteiger partial charge in [-0.3, -0.25) is 0 Å². The largest absolute Gasteiger partial charge is 0.367 e. The van der Waals surface area contributed by atoms with E-state index >= 15 is 0 Å². The normalized spacial score (nSPS) is 13.3. The van der Waals surface area contributed by atoms with Gasteiger partial charge >= 0.3 is 0 Å². The molecule has 1 aliphatic heterocycles. The fourth-order valence-corrected chi connectivity index (χ4v) is 1.96. The van der Waals surface area contributed by atoms with Crippen LogP contribution in [0.2, 0.25) is 0 Å². The van der Waals surface area contributed by atoms with Crippen molar-refractivity contribution in [2.75, 3.05) is 0 Å². The van der Waals surface area contributed by atoms with Gasteiger partial charge in [0.15, 0.2) is 0 Å². The van der Waals surface area contributed by atoms with Crippen molar-refractivity contribution in [1.82, 2.24) is 5.32 Å². The van der Waals surface area contributed by atoms with Gasteiger partial charge in [-0.2, -0.15) is 0 Å². The van der Waals surface area contributed by atoms with Gasteiger partial charge in [0.25, 0.3) is 0 Å². The van der Waals surface area contributed by atoms with Gasteiger partial charge in [-0.25, -0.2) is 0 Å². The maximum atomic E-state index is 3.16. The molecule has 0 amide bonds. The van der Waals surface area contributed by atoms with Crippen LogP contribution in [-0.2, 0) is 0 Å². The number of benzene rings is 2. The van der Waals surface area contributed by atoms with E-state index in [9.17, 15) is 0 Å². The highest BCUT2D eigenvalue weighted by Gasteiger charge is 1.95. The summed E-state index contributed by atoms with van der Waals surface area (Å²) in [6, 6.07) is 12.8. The first-order chi connectivity index (χ1) is 7.45. The molecular formula is C14H11N. The molecule has 0 bridgehead atoms. The van der Waals surface area contributed by atoms with Crippen LogP contribution in [0, 0.1) is 0 Å². The molecule has 72 valence electrons. The molecule has 0 saturated heterocycles. The quantitative estimate of drug-likeness (QED) is 0.668. The van der Waals surface area contributed by atoms with Crippen LogP contribution in [0.3, 0.4) is 0 Å². The Morgan fingerprint density at radius 1 is 0.933 bits per heavy atom. The molecule has 0 atom stereocenters. The summed E-state index contributed by atoms with van der Waals surface area (Å²) < 4.78 is 0. The van der Waals surface area contributed by atoms with Gasteiger partial charge in [0.05, 0.1) is 0 Å². The zero-order valence-corrected chi connectivity index (χ0v) is 8.27. The summed E-state index contributed by atoms with van der Waals surface area (Å²) in [6.45, 7) is 0. The summed E-state index contributed by atoms with van der Waals surface area (Å²) in [5.74, 6) is 0. The Labute approximate surface area is 88.0 Å². The molecule has 0 radical (unpaired) electrons. The van der Waals surface area contributed by atoms with Crippen LogP contribution < -0.4 is 15.8 Å². The molecule has 0 saturated carbocycles. The average Bonchev–Trinajstić information content (AvgIpc) is 2.54. The van der Waals surface area contributed by atoms with E-state index in [4.69, 9.17) is 0 Å². The fraction of sp³-hybridized carbons (Fsp3) is 0. The van der Waals surface area contributed by atoms with Crippen molar-refractivity contribution in [3.63, 3.8) is 0 Å². The highest BCUT2D eigenvalue weighted by molar-refractivity contribution is 5.84. The number of fused-ring (bicyclic) bond motifs is 3. The van der Waals surface area contributed by atoms with Gasteiger partial charge in [0, 0.05) is 17.6 Å². The summed E-state index contributed by atoms with van der Waals surface area (Å²) in [5, 5.41) is 8.26. The topological polar surface area (TPSA) is 12.0 Å². The molecule has 3 rings (SSSR count). The van der Waals surface area contributed by atoms with Gasteiger partial charge in [0.2, 0.25) is 0 Å². The van der Waals surface area contributed by atoms with Crippen molar-refractivity contribution >= 4 is 23.0 Å². The van der Waals surface area contributed by atoms with E-state index < -0.39 is 0 Å². The minimum atomic E-state index is 1.26. The van der Waals surface area contributed by atoms with Crippen LogP contribution in [0.1, 0.15) is 0 Å². The molecule has 15 heavy (non-hydrogen) atoms. The average molecular weight is 193 g/mol. The number of rotatable bonds is 0. The van der Waals surface area contributed by atoms with Crippen molar-refractivity contribution in [2.45, 2.75) is 0 Å². The van der Waals surface area contributed by atoms with E-state index in [2.05, 4.69) is 54.0 Å². The van der Waals surface area contributed by atoms with E-state index in [1.54, 1.807) is 0 Å². The Kier molecular flexibility index (Phi) is 1.82.